The molecule has 0 atom stereocenters. The fourth-order valence-electron chi connectivity index (χ4n) is 1.26. The van der Waals surface area contributed by atoms with Crippen molar-refractivity contribution >= 4 is 43.4 Å². The molecule has 7 heteroatoms. The molecule has 1 aromatic heterocycles. The second-order valence-corrected chi connectivity index (χ2v) is 5.10. The highest BCUT2D eigenvalue weighted by Gasteiger charge is 2.14. The Morgan fingerprint density at radius 2 is 1.78 bits per heavy atom. The molecule has 0 saturated heterocycles. The molecule has 0 amide bonds. The molecule has 2 aromatic rings. The number of pyridine rings is 1. The first-order valence-electron chi connectivity index (χ1n) is 4.70. The summed E-state index contributed by atoms with van der Waals surface area (Å²) >= 11 is 6.43. The number of nitrogens with zero attached hydrogens (tertiary/aromatic N) is 1. The maximum absolute atomic E-state index is 13.4. The molecule has 18 heavy (non-hydrogen) atoms. The number of aromatic nitrogens is 1. The van der Waals surface area contributed by atoms with Crippen molar-refractivity contribution in [2.24, 2.45) is 0 Å². The zero-order valence-electron chi connectivity index (χ0n) is 8.65. The van der Waals surface area contributed by atoms with Gasteiger partial charge in [0.15, 0.2) is 17.5 Å². The Hall–Kier alpha value is -1.08. The molecular weight excluding hydrogens is 377 g/mol. The van der Waals surface area contributed by atoms with Crippen LogP contribution in [0.2, 0.25) is 0 Å². The Morgan fingerprint density at radius 3 is 2.44 bits per heavy atom. The zero-order chi connectivity index (χ0) is 13.3. The van der Waals surface area contributed by atoms with Crippen molar-refractivity contribution in [1.82, 2.24) is 4.98 Å². The third-order valence-electron chi connectivity index (χ3n) is 2.10. The Balaban J connectivity index is 2.37. The average molecular weight is 382 g/mol. The van der Waals surface area contributed by atoms with Crippen LogP contribution in [0.5, 0.6) is 0 Å². The highest BCUT2D eigenvalue weighted by Crippen LogP contribution is 2.28. The summed E-state index contributed by atoms with van der Waals surface area (Å²) in [5, 5.41) is 2.58. The predicted octanol–water partition coefficient (Wildman–Crippen LogP) is 4.77. The van der Waals surface area contributed by atoms with Gasteiger partial charge in [-0.2, -0.15) is 0 Å². The second-order valence-electron chi connectivity index (χ2n) is 3.33. The fourth-order valence-corrected chi connectivity index (χ4v) is 2.34. The van der Waals surface area contributed by atoms with Crippen molar-refractivity contribution < 1.29 is 13.2 Å². The maximum atomic E-state index is 13.4. The standard InChI is InChI=1S/C11H5Br2F3N2/c12-5-3-6(13)11(17-4-5)18-8-2-1-7(14)9(15)10(8)16/h1-4H,(H,17,18). The lowest BCUT2D eigenvalue weighted by molar-refractivity contribution is 0.449. The van der Waals surface area contributed by atoms with Crippen LogP contribution in [0, 0.1) is 17.5 Å². The van der Waals surface area contributed by atoms with Crippen LogP contribution in [-0.2, 0) is 0 Å². The van der Waals surface area contributed by atoms with Crippen LogP contribution >= 0.6 is 31.9 Å². The molecule has 2 rings (SSSR count). The molecule has 1 heterocycles. The van der Waals surface area contributed by atoms with Crippen molar-refractivity contribution in [3.8, 4) is 0 Å². The highest BCUT2D eigenvalue weighted by molar-refractivity contribution is 9.11. The summed E-state index contributed by atoms with van der Waals surface area (Å²) in [5.74, 6) is -3.75. The molecule has 2 nitrogen and oxygen atoms in total. The molecule has 1 N–H and O–H groups in total. The van der Waals surface area contributed by atoms with Gasteiger partial charge in [-0.1, -0.05) is 0 Å². The minimum atomic E-state index is -1.52. The molecule has 1 aromatic carbocycles. The minimum absolute atomic E-state index is 0.190. The summed E-state index contributed by atoms with van der Waals surface area (Å²) in [7, 11) is 0. The molecule has 0 aliphatic carbocycles. The van der Waals surface area contributed by atoms with E-state index in [2.05, 4.69) is 42.2 Å². The van der Waals surface area contributed by atoms with Gasteiger partial charge in [-0.05, 0) is 50.1 Å². The molecule has 0 radical (unpaired) electrons. The number of hydrogen-bond donors (Lipinski definition) is 1. The van der Waals surface area contributed by atoms with Gasteiger partial charge in [-0.15, -0.1) is 0 Å². The van der Waals surface area contributed by atoms with Gasteiger partial charge < -0.3 is 5.32 Å². The summed E-state index contributed by atoms with van der Waals surface area (Å²) < 4.78 is 40.5. The van der Waals surface area contributed by atoms with Gasteiger partial charge in [0, 0.05) is 10.7 Å². The molecule has 0 fully saturated rings. The van der Waals surface area contributed by atoms with Crippen molar-refractivity contribution in [2.45, 2.75) is 0 Å². The average Bonchev–Trinajstić information content (AvgIpc) is 2.33. The molecule has 0 saturated carbocycles. The van der Waals surface area contributed by atoms with E-state index in [0.717, 1.165) is 16.6 Å². The van der Waals surface area contributed by atoms with Gasteiger partial charge >= 0.3 is 0 Å². The van der Waals surface area contributed by atoms with E-state index >= 15 is 0 Å². The predicted molar refractivity (Wildman–Crippen MR) is 69.2 cm³/mol. The second kappa shape index (κ2) is 5.27. The van der Waals surface area contributed by atoms with E-state index in [0.29, 0.717) is 10.3 Å². The van der Waals surface area contributed by atoms with Gasteiger partial charge in [-0.3, -0.25) is 0 Å². The quantitative estimate of drug-likeness (QED) is 0.758. The number of nitrogens with one attached hydrogen (secondary N) is 1. The minimum Gasteiger partial charge on any atom is -0.337 e. The van der Waals surface area contributed by atoms with Gasteiger partial charge in [0.05, 0.1) is 10.2 Å². The Morgan fingerprint density at radius 1 is 1.06 bits per heavy atom. The van der Waals surface area contributed by atoms with Crippen LogP contribution in [0.1, 0.15) is 0 Å². The van der Waals surface area contributed by atoms with Crippen LogP contribution in [0.25, 0.3) is 0 Å². The SMILES string of the molecule is Fc1ccc(Nc2ncc(Br)cc2Br)c(F)c1F. The van der Waals surface area contributed by atoms with E-state index in [1.807, 2.05) is 0 Å². The molecule has 0 bridgehead atoms. The lowest BCUT2D eigenvalue weighted by atomic mass is 10.2. The summed E-state index contributed by atoms with van der Waals surface area (Å²) in [6.07, 6.45) is 1.49. The van der Waals surface area contributed by atoms with Gasteiger partial charge in [0.25, 0.3) is 0 Å². The Bertz CT molecular complexity index is 605. The third-order valence-corrected chi connectivity index (χ3v) is 3.13. The molecule has 0 unspecified atom stereocenters. The van der Waals surface area contributed by atoms with Crippen molar-refractivity contribution in [1.29, 1.82) is 0 Å². The lowest BCUT2D eigenvalue weighted by Gasteiger charge is -2.09. The van der Waals surface area contributed by atoms with E-state index < -0.39 is 17.5 Å². The Labute approximate surface area is 117 Å². The summed E-state index contributed by atoms with van der Waals surface area (Å²) in [5.41, 5.74) is -0.190. The number of halogens is 5. The van der Waals surface area contributed by atoms with E-state index in [1.54, 1.807) is 6.07 Å². The molecule has 0 aliphatic heterocycles. The first kappa shape index (κ1) is 13.4. The topological polar surface area (TPSA) is 24.9 Å². The van der Waals surface area contributed by atoms with Crippen LogP contribution in [-0.4, -0.2) is 4.98 Å². The highest BCUT2D eigenvalue weighted by atomic mass is 79.9. The van der Waals surface area contributed by atoms with Gasteiger partial charge in [0.2, 0.25) is 0 Å². The number of anilines is 2. The molecule has 0 aliphatic rings. The van der Waals surface area contributed by atoms with Crippen molar-refractivity contribution in [2.75, 3.05) is 5.32 Å². The first-order chi connectivity index (χ1) is 8.49. The van der Waals surface area contributed by atoms with E-state index in [9.17, 15) is 13.2 Å². The van der Waals surface area contributed by atoms with Crippen LogP contribution in [0.4, 0.5) is 24.7 Å². The van der Waals surface area contributed by atoms with E-state index in [4.69, 9.17) is 0 Å². The summed E-state index contributed by atoms with van der Waals surface area (Å²) in [6, 6.07) is 3.63. The van der Waals surface area contributed by atoms with Crippen molar-refractivity contribution in [3.63, 3.8) is 0 Å². The molecule has 94 valence electrons. The number of benzene rings is 1. The number of hydrogen-bond acceptors (Lipinski definition) is 2. The summed E-state index contributed by atoms with van der Waals surface area (Å²) in [6.45, 7) is 0. The Kier molecular flexibility index (Phi) is 3.91. The molecule has 0 spiro atoms. The smallest absolute Gasteiger partial charge is 0.196 e. The van der Waals surface area contributed by atoms with Crippen LogP contribution in [0.3, 0.4) is 0 Å². The molecular formula is C11H5Br2F3N2. The lowest BCUT2D eigenvalue weighted by Crippen LogP contribution is -2.00. The monoisotopic (exact) mass is 380 g/mol. The van der Waals surface area contributed by atoms with Crippen LogP contribution < -0.4 is 5.32 Å². The van der Waals surface area contributed by atoms with E-state index in [1.165, 1.54) is 6.20 Å². The van der Waals surface area contributed by atoms with E-state index in [-0.39, 0.29) is 5.69 Å². The van der Waals surface area contributed by atoms with Crippen molar-refractivity contribution in [3.05, 3.63) is 50.8 Å². The van der Waals surface area contributed by atoms with Gasteiger partial charge in [0.1, 0.15) is 5.82 Å². The normalized spacial score (nSPS) is 10.5. The third kappa shape index (κ3) is 2.67. The summed E-state index contributed by atoms with van der Waals surface area (Å²) in [4.78, 5) is 3.98. The maximum Gasteiger partial charge on any atom is 0.196 e. The fraction of sp³-hybridized carbons (Fsp3) is 0. The number of rotatable bonds is 2. The zero-order valence-corrected chi connectivity index (χ0v) is 11.8. The van der Waals surface area contributed by atoms with Gasteiger partial charge in [-0.25, -0.2) is 18.2 Å². The van der Waals surface area contributed by atoms with Crippen LogP contribution in [0.15, 0.2) is 33.3 Å². The largest absolute Gasteiger partial charge is 0.337 e. The first-order valence-corrected chi connectivity index (χ1v) is 6.29.